The van der Waals surface area contributed by atoms with Crippen molar-refractivity contribution in [1.29, 1.82) is 0 Å². The number of amides is 2. The van der Waals surface area contributed by atoms with Crippen LogP contribution in [0.3, 0.4) is 0 Å². The Morgan fingerprint density at radius 3 is 2.38 bits per heavy atom. The molecule has 1 rings (SSSR count). The molecule has 0 radical (unpaired) electrons. The van der Waals surface area contributed by atoms with E-state index in [2.05, 4.69) is 5.32 Å². The van der Waals surface area contributed by atoms with Crippen LogP contribution in [-0.2, 0) is 9.59 Å². The lowest BCUT2D eigenvalue weighted by molar-refractivity contribution is -0.136. The monoisotopic (exact) mass is 292 g/mol. The third kappa shape index (κ3) is 4.48. The zero-order chi connectivity index (χ0) is 16.2. The highest BCUT2D eigenvalue weighted by molar-refractivity contribution is 5.88. The van der Waals surface area contributed by atoms with E-state index in [9.17, 15) is 9.59 Å². The van der Waals surface area contributed by atoms with Crippen LogP contribution in [-0.4, -0.2) is 43.0 Å². The molecule has 5 heteroatoms. The van der Waals surface area contributed by atoms with Crippen molar-refractivity contribution >= 4 is 11.8 Å². The minimum absolute atomic E-state index is 0.151. The van der Waals surface area contributed by atoms with E-state index in [4.69, 9.17) is 4.74 Å². The first-order valence-electron chi connectivity index (χ1n) is 6.98. The number of carbonyl (C=O) groups is 2. The maximum absolute atomic E-state index is 12.1. The zero-order valence-electron chi connectivity index (χ0n) is 13.6. The lowest BCUT2D eigenvalue weighted by Crippen LogP contribution is -2.48. The number of nitrogens with one attached hydrogen (secondary N) is 1. The van der Waals surface area contributed by atoms with Crippen LogP contribution in [0.2, 0.25) is 0 Å². The molecule has 0 bridgehead atoms. The summed E-state index contributed by atoms with van der Waals surface area (Å²) >= 11 is 0. The lowest BCUT2D eigenvalue weighted by atomic mass is 10.1. The third-order valence-corrected chi connectivity index (χ3v) is 3.40. The highest BCUT2D eigenvalue weighted by atomic mass is 16.5. The van der Waals surface area contributed by atoms with E-state index >= 15 is 0 Å². The summed E-state index contributed by atoms with van der Waals surface area (Å²) in [6.07, 6.45) is -0.664. The van der Waals surface area contributed by atoms with Gasteiger partial charge in [-0.1, -0.05) is 12.1 Å². The Kier molecular flexibility index (Phi) is 5.76. The van der Waals surface area contributed by atoms with E-state index in [1.54, 1.807) is 27.9 Å². The van der Waals surface area contributed by atoms with Crippen molar-refractivity contribution in [2.45, 2.75) is 39.8 Å². The van der Waals surface area contributed by atoms with Gasteiger partial charge in [-0.05, 0) is 44.9 Å². The highest BCUT2D eigenvalue weighted by Gasteiger charge is 2.22. The van der Waals surface area contributed by atoms with Crippen molar-refractivity contribution in [1.82, 2.24) is 10.2 Å². The Bertz CT molecular complexity index is 526. The van der Waals surface area contributed by atoms with Crippen molar-refractivity contribution in [2.24, 2.45) is 0 Å². The molecule has 0 heterocycles. The molecular formula is C16H24N2O3. The van der Waals surface area contributed by atoms with E-state index in [0.29, 0.717) is 5.75 Å². The molecule has 0 saturated carbocycles. The zero-order valence-corrected chi connectivity index (χ0v) is 13.6. The normalized spacial score (nSPS) is 13.2. The van der Waals surface area contributed by atoms with Crippen molar-refractivity contribution in [3.8, 4) is 5.75 Å². The largest absolute Gasteiger partial charge is 0.481 e. The maximum Gasteiger partial charge on any atom is 0.261 e. The molecule has 1 aromatic rings. The number of hydrogen-bond acceptors (Lipinski definition) is 3. The second-order valence-electron chi connectivity index (χ2n) is 5.42. The van der Waals surface area contributed by atoms with Crippen molar-refractivity contribution < 1.29 is 14.3 Å². The summed E-state index contributed by atoms with van der Waals surface area (Å²) in [7, 11) is 3.31. The number of rotatable bonds is 5. The number of benzene rings is 1. The van der Waals surface area contributed by atoms with Gasteiger partial charge in [0.15, 0.2) is 6.10 Å². The molecule has 1 N–H and O–H groups in total. The number of hydrogen-bond donors (Lipinski definition) is 1. The molecule has 0 saturated heterocycles. The Hall–Kier alpha value is -2.04. The van der Waals surface area contributed by atoms with E-state index in [1.807, 2.05) is 32.0 Å². The van der Waals surface area contributed by atoms with Gasteiger partial charge in [0.2, 0.25) is 5.91 Å². The van der Waals surface area contributed by atoms with Gasteiger partial charge in [-0.2, -0.15) is 0 Å². The Morgan fingerprint density at radius 1 is 1.19 bits per heavy atom. The van der Waals surface area contributed by atoms with Crippen LogP contribution in [0.4, 0.5) is 0 Å². The summed E-state index contributed by atoms with van der Waals surface area (Å²) in [4.78, 5) is 25.2. The maximum atomic E-state index is 12.1. The lowest BCUT2D eigenvalue weighted by Gasteiger charge is -2.21. The van der Waals surface area contributed by atoms with Crippen molar-refractivity contribution in [2.75, 3.05) is 14.1 Å². The molecular weight excluding hydrogens is 268 g/mol. The third-order valence-electron chi connectivity index (χ3n) is 3.40. The first-order valence-corrected chi connectivity index (χ1v) is 6.98. The minimum Gasteiger partial charge on any atom is -0.481 e. The summed E-state index contributed by atoms with van der Waals surface area (Å²) in [5.41, 5.74) is 2.12. The van der Waals surface area contributed by atoms with Crippen LogP contribution in [0.1, 0.15) is 25.0 Å². The van der Waals surface area contributed by atoms with Crippen molar-refractivity contribution in [3.63, 3.8) is 0 Å². The average Bonchev–Trinajstić information content (AvgIpc) is 2.42. The van der Waals surface area contributed by atoms with Crippen LogP contribution < -0.4 is 10.1 Å². The van der Waals surface area contributed by atoms with Crippen LogP contribution in [0.25, 0.3) is 0 Å². The average molecular weight is 292 g/mol. The Morgan fingerprint density at radius 2 is 1.81 bits per heavy atom. The van der Waals surface area contributed by atoms with Gasteiger partial charge in [-0.25, -0.2) is 0 Å². The molecule has 2 amide bonds. The smallest absolute Gasteiger partial charge is 0.261 e. The van der Waals surface area contributed by atoms with Gasteiger partial charge in [0.25, 0.3) is 5.91 Å². The fourth-order valence-electron chi connectivity index (χ4n) is 1.88. The summed E-state index contributed by atoms with van der Waals surface area (Å²) < 4.78 is 5.69. The molecule has 5 nitrogen and oxygen atoms in total. The quantitative estimate of drug-likeness (QED) is 0.898. The molecule has 2 atom stereocenters. The molecule has 0 spiro atoms. The topological polar surface area (TPSA) is 58.6 Å². The molecule has 21 heavy (non-hydrogen) atoms. The van der Waals surface area contributed by atoms with Crippen LogP contribution in [0, 0.1) is 13.8 Å². The van der Waals surface area contributed by atoms with Gasteiger partial charge in [0.1, 0.15) is 11.8 Å². The van der Waals surface area contributed by atoms with Gasteiger partial charge >= 0.3 is 0 Å². The molecule has 0 aliphatic heterocycles. The van der Waals surface area contributed by atoms with Gasteiger partial charge in [0.05, 0.1) is 0 Å². The Labute approximate surface area is 126 Å². The number of ether oxygens (including phenoxy) is 1. The van der Waals surface area contributed by atoms with Gasteiger partial charge in [-0.15, -0.1) is 0 Å². The van der Waals surface area contributed by atoms with E-state index < -0.39 is 12.1 Å². The second-order valence-corrected chi connectivity index (χ2v) is 5.42. The fraction of sp³-hybridized carbons (Fsp3) is 0.500. The molecule has 0 aliphatic rings. The SMILES string of the molecule is Cc1cccc(O[C@H](C)C(=O)N[C@@H](C)C(=O)N(C)C)c1C. The standard InChI is InChI=1S/C16H24N2O3/c1-10-8-7-9-14(11(10)2)21-13(4)15(19)17-12(3)16(20)18(5)6/h7-9,12-13H,1-6H3,(H,17,19)/t12-,13+/m0/s1. The fourth-order valence-corrected chi connectivity index (χ4v) is 1.88. The van der Waals surface area contributed by atoms with Crippen LogP contribution in [0.15, 0.2) is 18.2 Å². The number of carbonyl (C=O) groups excluding carboxylic acids is 2. The summed E-state index contributed by atoms with van der Waals surface area (Å²) in [6, 6.07) is 5.14. The predicted molar refractivity (Wildman–Crippen MR) is 82.3 cm³/mol. The molecule has 1 aromatic carbocycles. The summed E-state index contributed by atoms with van der Waals surface area (Å²) in [6.45, 7) is 7.27. The molecule has 0 fully saturated rings. The number of likely N-dealkylation sites (N-methyl/N-ethyl adjacent to an activating group) is 1. The first-order chi connectivity index (χ1) is 9.73. The number of aryl methyl sites for hydroxylation is 1. The van der Waals surface area contributed by atoms with Gasteiger partial charge < -0.3 is 15.0 Å². The molecule has 116 valence electrons. The van der Waals surface area contributed by atoms with E-state index in [0.717, 1.165) is 11.1 Å². The van der Waals surface area contributed by atoms with Gasteiger partial charge in [0, 0.05) is 14.1 Å². The van der Waals surface area contributed by atoms with E-state index in [1.165, 1.54) is 4.90 Å². The predicted octanol–water partition coefficient (Wildman–Crippen LogP) is 1.66. The van der Waals surface area contributed by atoms with E-state index in [-0.39, 0.29) is 11.8 Å². The summed E-state index contributed by atoms with van der Waals surface area (Å²) in [5.74, 6) is 0.227. The molecule has 0 aliphatic carbocycles. The molecule has 0 unspecified atom stereocenters. The molecule has 0 aromatic heterocycles. The van der Waals surface area contributed by atoms with Gasteiger partial charge in [-0.3, -0.25) is 9.59 Å². The van der Waals surface area contributed by atoms with Crippen molar-refractivity contribution in [3.05, 3.63) is 29.3 Å². The second kappa shape index (κ2) is 7.11. The number of nitrogens with zero attached hydrogens (tertiary/aromatic N) is 1. The van der Waals surface area contributed by atoms with Crippen LogP contribution in [0.5, 0.6) is 5.75 Å². The summed E-state index contributed by atoms with van der Waals surface area (Å²) in [5, 5.41) is 2.66. The minimum atomic E-state index is -0.664. The first kappa shape index (κ1) is 17.0. The Balaban J connectivity index is 2.67. The van der Waals surface area contributed by atoms with Crippen LogP contribution >= 0.6 is 0 Å². The highest BCUT2D eigenvalue weighted by Crippen LogP contribution is 2.21.